The number of carbonyl (C=O) groups is 2. The molecule has 6 nitrogen and oxygen atoms in total. The third-order valence-electron chi connectivity index (χ3n) is 2.36. The molecule has 2 rings (SSSR count). The number of nitrogens with two attached hydrogens (primary N) is 1. The molecule has 7 heteroatoms. The maximum Gasteiger partial charge on any atom is 0.234 e. The maximum atomic E-state index is 11.6. The van der Waals surface area contributed by atoms with E-state index in [4.69, 9.17) is 5.73 Å². The van der Waals surface area contributed by atoms with Crippen molar-refractivity contribution in [2.24, 2.45) is 5.73 Å². The van der Waals surface area contributed by atoms with Crippen LogP contribution in [-0.4, -0.2) is 33.1 Å². The first-order chi connectivity index (χ1) is 9.65. The molecule has 0 aliphatic heterocycles. The quantitative estimate of drug-likeness (QED) is 0.831. The van der Waals surface area contributed by atoms with Crippen molar-refractivity contribution in [3.8, 4) is 5.69 Å². The fraction of sp³-hybridized carbons (Fsp3) is 0.154. The summed E-state index contributed by atoms with van der Waals surface area (Å²) in [5.74, 6) is -0.306. The normalized spacial score (nSPS) is 10.2. The standard InChI is InChI=1S/C13H14N4O2S/c14-12(18)8-20-9-13(19)16-10-6-15-17(7-10)11-4-2-1-3-5-11/h1-7H,8-9H2,(H2,14,18)(H,16,19). The van der Waals surface area contributed by atoms with Crippen molar-refractivity contribution in [1.82, 2.24) is 9.78 Å². The Morgan fingerprint density at radius 2 is 2.00 bits per heavy atom. The summed E-state index contributed by atoms with van der Waals surface area (Å²) in [5, 5.41) is 6.88. The predicted molar refractivity (Wildman–Crippen MR) is 78.7 cm³/mol. The molecule has 2 amide bonds. The van der Waals surface area contributed by atoms with Crippen LogP contribution in [0.4, 0.5) is 5.69 Å². The molecule has 1 aromatic carbocycles. The highest BCUT2D eigenvalue weighted by atomic mass is 32.2. The maximum absolute atomic E-state index is 11.6. The minimum Gasteiger partial charge on any atom is -0.369 e. The number of benzene rings is 1. The highest BCUT2D eigenvalue weighted by molar-refractivity contribution is 8.00. The van der Waals surface area contributed by atoms with Crippen LogP contribution in [0.15, 0.2) is 42.7 Å². The van der Waals surface area contributed by atoms with Gasteiger partial charge in [-0.25, -0.2) is 4.68 Å². The number of hydrogen-bond acceptors (Lipinski definition) is 4. The number of primary amides is 1. The molecule has 0 saturated carbocycles. The Morgan fingerprint density at radius 3 is 2.70 bits per heavy atom. The molecule has 0 fully saturated rings. The second-order valence-corrected chi connectivity index (χ2v) is 5.00. The lowest BCUT2D eigenvalue weighted by Crippen LogP contribution is -2.18. The number of aromatic nitrogens is 2. The average molecular weight is 290 g/mol. The lowest BCUT2D eigenvalue weighted by molar-refractivity contribution is -0.115. The number of hydrogen-bond donors (Lipinski definition) is 2. The van der Waals surface area contributed by atoms with Crippen molar-refractivity contribution in [2.75, 3.05) is 16.8 Å². The summed E-state index contributed by atoms with van der Waals surface area (Å²) in [6, 6.07) is 9.58. The van der Waals surface area contributed by atoms with Crippen molar-refractivity contribution < 1.29 is 9.59 Å². The van der Waals surface area contributed by atoms with Gasteiger partial charge in [-0.05, 0) is 12.1 Å². The molecule has 0 aliphatic carbocycles. The van der Waals surface area contributed by atoms with Gasteiger partial charge in [-0.3, -0.25) is 9.59 Å². The first-order valence-corrected chi connectivity index (χ1v) is 7.06. The van der Waals surface area contributed by atoms with Gasteiger partial charge in [0.1, 0.15) is 0 Å². The van der Waals surface area contributed by atoms with Crippen molar-refractivity contribution in [3.63, 3.8) is 0 Å². The third-order valence-corrected chi connectivity index (χ3v) is 3.32. The summed E-state index contributed by atoms with van der Waals surface area (Å²) >= 11 is 1.18. The number of amides is 2. The fourth-order valence-corrected chi connectivity index (χ4v) is 2.11. The number of nitrogens with zero attached hydrogens (tertiary/aromatic N) is 2. The lowest BCUT2D eigenvalue weighted by atomic mass is 10.3. The van der Waals surface area contributed by atoms with E-state index >= 15 is 0 Å². The topological polar surface area (TPSA) is 90.0 Å². The highest BCUT2D eigenvalue weighted by Crippen LogP contribution is 2.11. The minimum atomic E-state index is -0.431. The van der Waals surface area contributed by atoms with Gasteiger partial charge in [-0.15, -0.1) is 11.8 Å². The van der Waals surface area contributed by atoms with E-state index in [9.17, 15) is 9.59 Å². The van der Waals surface area contributed by atoms with Crippen LogP contribution < -0.4 is 11.1 Å². The number of carbonyl (C=O) groups excluding carboxylic acids is 2. The molecule has 0 bridgehead atoms. The Kier molecular flexibility index (Phi) is 4.78. The van der Waals surface area contributed by atoms with Crippen LogP contribution in [0, 0.1) is 0 Å². The number of thioether (sulfide) groups is 1. The van der Waals surface area contributed by atoms with Crippen LogP contribution in [0.25, 0.3) is 5.69 Å². The zero-order chi connectivity index (χ0) is 14.4. The molecule has 0 unspecified atom stereocenters. The van der Waals surface area contributed by atoms with E-state index in [-0.39, 0.29) is 17.4 Å². The van der Waals surface area contributed by atoms with Crippen LogP contribution in [0.5, 0.6) is 0 Å². The minimum absolute atomic E-state index is 0.136. The molecule has 1 heterocycles. The van der Waals surface area contributed by atoms with E-state index in [1.54, 1.807) is 17.1 Å². The Bertz CT molecular complexity index is 597. The molecule has 104 valence electrons. The van der Waals surface area contributed by atoms with E-state index in [0.29, 0.717) is 5.69 Å². The van der Waals surface area contributed by atoms with Crippen LogP contribution in [-0.2, 0) is 9.59 Å². The van der Waals surface area contributed by atoms with Crippen LogP contribution in [0.2, 0.25) is 0 Å². The molecule has 0 atom stereocenters. The number of rotatable bonds is 6. The van der Waals surface area contributed by atoms with Gasteiger partial charge in [0.25, 0.3) is 0 Å². The molecule has 2 aromatic rings. The van der Waals surface area contributed by atoms with Gasteiger partial charge in [0.05, 0.1) is 35.3 Å². The Balaban J connectivity index is 1.90. The molecular formula is C13H14N4O2S. The smallest absolute Gasteiger partial charge is 0.234 e. The van der Waals surface area contributed by atoms with Crippen LogP contribution in [0.1, 0.15) is 0 Å². The van der Waals surface area contributed by atoms with E-state index < -0.39 is 5.91 Å². The lowest BCUT2D eigenvalue weighted by Gasteiger charge is -2.01. The zero-order valence-corrected chi connectivity index (χ0v) is 11.5. The predicted octanol–water partition coefficient (Wildman–Crippen LogP) is 1.03. The van der Waals surface area contributed by atoms with Gasteiger partial charge < -0.3 is 11.1 Å². The summed E-state index contributed by atoms with van der Waals surface area (Å²) < 4.78 is 1.67. The highest BCUT2D eigenvalue weighted by Gasteiger charge is 2.06. The fourth-order valence-electron chi connectivity index (χ4n) is 1.55. The SMILES string of the molecule is NC(=O)CSCC(=O)Nc1cnn(-c2ccccc2)c1. The first-order valence-electron chi connectivity index (χ1n) is 5.91. The largest absolute Gasteiger partial charge is 0.369 e. The average Bonchev–Trinajstić information content (AvgIpc) is 2.88. The molecule has 3 N–H and O–H groups in total. The number of para-hydroxylation sites is 1. The van der Waals surface area contributed by atoms with E-state index in [1.165, 1.54) is 11.8 Å². The van der Waals surface area contributed by atoms with Gasteiger partial charge in [0, 0.05) is 0 Å². The zero-order valence-electron chi connectivity index (χ0n) is 10.7. The van der Waals surface area contributed by atoms with E-state index in [1.807, 2.05) is 30.3 Å². The van der Waals surface area contributed by atoms with Crippen molar-refractivity contribution >= 4 is 29.3 Å². The molecule has 1 aromatic heterocycles. The summed E-state index contributed by atoms with van der Waals surface area (Å²) in [6.45, 7) is 0. The summed E-state index contributed by atoms with van der Waals surface area (Å²) in [7, 11) is 0. The monoisotopic (exact) mass is 290 g/mol. The Morgan fingerprint density at radius 1 is 1.25 bits per heavy atom. The van der Waals surface area contributed by atoms with Gasteiger partial charge in [-0.1, -0.05) is 18.2 Å². The van der Waals surface area contributed by atoms with E-state index in [2.05, 4.69) is 10.4 Å². The van der Waals surface area contributed by atoms with Gasteiger partial charge in [0.15, 0.2) is 0 Å². The van der Waals surface area contributed by atoms with Gasteiger partial charge >= 0.3 is 0 Å². The summed E-state index contributed by atoms with van der Waals surface area (Å²) in [4.78, 5) is 22.2. The van der Waals surface area contributed by atoms with E-state index in [0.717, 1.165) is 5.69 Å². The summed E-state index contributed by atoms with van der Waals surface area (Å²) in [5.41, 5.74) is 6.52. The molecule has 20 heavy (non-hydrogen) atoms. The molecule has 0 aliphatic rings. The van der Waals surface area contributed by atoms with Crippen LogP contribution >= 0.6 is 11.8 Å². The summed E-state index contributed by atoms with van der Waals surface area (Å²) in [6.07, 6.45) is 3.30. The third kappa shape index (κ3) is 4.13. The van der Waals surface area contributed by atoms with Crippen molar-refractivity contribution in [1.29, 1.82) is 0 Å². The van der Waals surface area contributed by atoms with Crippen molar-refractivity contribution in [2.45, 2.75) is 0 Å². The second kappa shape index (κ2) is 6.76. The Hall–Kier alpha value is -2.28. The Labute approximate surface area is 120 Å². The number of anilines is 1. The second-order valence-electron chi connectivity index (χ2n) is 4.02. The van der Waals surface area contributed by atoms with Crippen LogP contribution in [0.3, 0.4) is 0 Å². The first kappa shape index (κ1) is 14.1. The molecule has 0 spiro atoms. The molecule has 0 saturated heterocycles. The molecular weight excluding hydrogens is 276 g/mol. The van der Waals surface area contributed by atoms with Gasteiger partial charge in [0.2, 0.25) is 11.8 Å². The molecule has 0 radical (unpaired) electrons. The van der Waals surface area contributed by atoms with Crippen molar-refractivity contribution in [3.05, 3.63) is 42.7 Å². The number of nitrogens with one attached hydrogen (secondary N) is 1. The van der Waals surface area contributed by atoms with Gasteiger partial charge in [-0.2, -0.15) is 5.10 Å².